The lowest BCUT2D eigenvalue weighted by Gasteiger charge is -2.36. The molecule has 1 saturated heterocycles. The van der Waals surface area contributed by atoms with Crippen LogP contribution in [0.5, 0.6) is 0 Å². The van der Waals surface area contributed by atoms with E-state index in [2.05, 4.69) is 0 Å². The molecule has 1 fully saturated rings. The smallest absolute Gasteiger partial charge is 0.458 e. The number of carbonyl (C=O) groups excluding carboxylic acids is 1. The number of para-hydroxylation sites is 1. The lowest BCUT2D eigenvalue weighted by molar-refractivity contribution is -0.171. The van der Waals surface area contributed by atoms with Crippen LogP contribution in [0, 0.1) is 5.92 Å². The van der Waals surface area contributed by atoms with Crippen LogP contribution in [0.3, 0.4) is 0 Å². The van der Waals surface area contributed by atoms with Crippen molar-refractivity contribution in [2.45, 2.75) is 51.5 Å². The van der Waals surface area contributed by atoms with E-state index in [1.807, 2.05) is 37.3 Å². The number of pyridine rings is 2. The Hall–Kier alpha value is -2.88. The topological polar surface area (TPSA) is 126 Å². The minimum absolute atomic E-state index is 0.0516. The van der Waals surface area contributed by atoms with Crippen LogP contribution < -0.4 is 5.56 Å². The van der Waals surface area contributed by atoms with E-state index in [0.29, 0.717) is 24.5 Å². The third-order valence-corrected chi connectivity index (χ3v) is 8.62. The van der Waals surface area contributed by atoms with E-state index < -0.39 is 19.4 Å². The van der Waals surface area contributed by atoms with Crippen LogP contribution in [-0.4, -0.2) is 39.7 Å². The van der Waals surface area contributed by atoms with Crippen LogP contribution in [-0.2, 0) is 46.6 Å². The average molecular weight is 526 g/mol. The van der Waals surface area contributed by atoms with Gasteiger partial charge in [0.25, 0.3) is 5.56 Å². The number of phosphoric ester groups is 1. The quantitative estimate of drug-likeness (QED) is 0.296. The molecule has 0 amide bonds. The van der Waals surface area contributed by atoms with E-state index in [1.54, 1.807) is 17.6 Å². The highest BCUT2D eigenvalue weighted by atomic mass is 31.2. The molecule has 0 spiro atoms. The molecule has 3 aliphatic heterocycles. The van der Waals surface area contributed by atoms with Crippen molar-refractivity contribution >= 4 is 24.7 Å². The second kappa shape index (κ2) is 8.85. The fraction of sp³-hybridized carbons (Fsp3) is 0.423. The molecule has 11 heteroatoms. The lowest BCUT2D eigenvalue weighted by Crippen LogP contribution is -2.46. The van der Waals surface area contributed by atoms with Crippen molar-refractivity contribution in [1.29, 1.82) is 0 Å². The summed E-state index contributed by atoms with van der Waals surface area (Å²) in [6.07, 6.45) is 0.421. The van der Waals surface area contributed by atoms with E-state index in [1.165, 1.54) is 0 Å². The SMILES string of the molecule is CC[C@@]1(OP(=O)(O)OC[C@H]2OCC[C@@H]2C)C(=O)OCc2c1cc1n(c2=O)Cc2cc3ccccc3nc2-1. The molecule has 1 unspecified atom stereocenters. The van der Waals surface area contributed by atoms with Crippen molar-refractivity contribution in [3.8, 4) is 11.4 Å². The van der Waals surface area contributed by atoms with Crippen molar-refractivity contribution in [3.63, 3.8) is 0 Å². The molecule has 0 bridgehead atoms. The second-order valence-electron chi connectivity index (χ2n) is 9.79. The average Bonchev–Trinajstić information content (AvgIpc) is 3.46. The maximum Gasteiger partial charge on any atom is 0.473 e. The van der Waals surface area contributed by atoms with E-state index in [0.717, 1.165) is 22.9 Å². The van der Waals surface area contributed by atoms with Crippen molar-refractivity contribution < 1.29 is 32.8 Å². The lowest BCUT2D eigenvalue weighted by atomic mass is 9.86. The first-order valence-electron chi connectivity index (χ1n) is 12.4. The summed E-state index contributed by atoms with van der Waals surface area (Å²) in [4.78, 5) is 42.2. The van der Waals surface area contributed by atoms with Crippen molar-refractivity contribution in [2.24, 2.45) is 5.92 Å². The molecule has 3 aliphatic rings. The molecule has 0 saturated carbocycles. The zero-order valence-electron chi connectivity index (χ0n) is 20.5. The van der Waals surface area contributed by atoms with Gasteiger partial charge in [-0.3, -0.25) is 13.8 Å². The van der Waals surface area contributed by atoms with Crippen molar-refractivity contribution in [3.05, 3.63) is 63.4 Å². The first kappa shape index (κ1) is 24.5. The number of aromatic nitrogens is 2. The molecule has 4 atom stereocenters. The highest BCUT2D eigenvalue weighted by molar-refractivity contribution is 7.47. The Bertz CT molecular complexity index is 1530. The maximum atomic E-state index is 13.6. The van der Waals surface area contributed by atoms with Gasteiger partial charge in [-0.25, -0.2) is 14.3 Å². The summed E-state index contributed by atoms with van der Waals surface area (Å²) in [5, 5.41) is 0.954. The van der Waals surface area contributed by atoms with Gasteiger partial charge in [-0.05, 0) is 37.0 Å². The summed E-state index contributed by atoms with van der Waals surface area (Å²) < 4.78 is 36.4. The van der Waals surface area contributed by atoms with Gasteiger partial charge in [-0.15, -0.1) is 0 Å². The number of benzene rings is 1. The van der Waals surface area contributed by atoms with E-state index in [-0.39, 0.29) is 48.3 Å². The van der Waals surface area contributed by atoms with E-state index in [4.69, 9.17) is 23.5 Å². The van der Waals surface area contributed by atoms with Crippen LogP contribution in [0.1, 0.15) is 43.4 Å². The predicted octanol–water partition coefficient (Wildman–Crippen LogP) is 3.65. The van der Waals surface area contributed by atoms with Gasteiger partial charge >= 0.3 is 13.8 Å². The third-order valence-electron chi connectivity index (χ3n) is 7.60. The second-order valence-corrected chi connectivity index (χ2v) is 11.2. The standard InChI is InChI=1S/C26H27N2O8P/c1-3-26(36-37(31,32)35-14-22-15(2)8-9-33-22)19-11-21-23-17(10-16-6-4-5-7-20(16)27-23)12-28(21)24(29)18(19)13-34-25(26)30/h4-7,10-11,15,22H,3,8-9,12-14H2,1-2H3,(H,31,32)/t15-,22+,26-/m0/s1. The van der Waals surface area contributed by atoms with Gasteiger partial charge in [-0.2, -0.15) is 0 Å². The molecule has 194 valence electrons. The molecule has 3 aromatic rings. The number of carbonyl (C=O) groups is 1. The summed E-state index contributed by atoms with van der Waals surface area (Å²) >= 11 is 0. The number of rotatable bonds is 6. The first-order valence-corrected chi connectivity index (χ1v) is 13.8. The fourth-order valence-corrected chi connectivity index (χ4v) is 6.51. The van der Waals surface area contributed by atoms with Gasteiger partial charge in [0, 0.05) is 23.1 Å². The molecule has 0 aliphatic carbocycles. The molecule has 5 heterocycles. The number of cyclic esters (lactones) is 1. The fourth-order valence-electron chi connectivity index (χ4n) is 5.42. The molecule has 1 aromatic carbocycles. The van der Waals surface area contributed by atoms with Gasteiger partial charge in [0.15, 0.2) is 0 Å². The van der Waals surface area contributed by atoms with Crippen LogP contribution in [0.2, 0.25) is 0 Å². The molecular formula is C26H27N2O8P. The largest absolute Gasteiger partial charge is 0.473 e. The Balaban J connectivity index is 1.42. The molecular weight excluding hydrogens is 499 g/mol. The highest BCUT2D eigenvalue weighted by Gasteiger charge is 2.52. The Morgan fingerprint density at radius 1 is 1.27 bits per heavy atom. The summed E-state index contributed by atoms with van der Waals surface area (Å²) in [6, 6.07) is 11.3. The number of hydrogen-bond acceptors (Lipinski definition) is 8. The van der Waals surface area contributed by atoms with E-state index in [9.17, 15) is 19.0 Å². The van der Waals surface area contributed by atoms with Gasteiger partial charge in [0.1, 0.15) is 6.61 Å². The minimum Gasteiger partial charge on any atom is -0.458 e. The number of ether oxygens (including phenoxy) is 2. The molecule has 0 radical (unpaired) electrons. The monoisotopic (exact) mass is 526 g/mol. The van der Waals surface area contributed by atoms with Gasteiger partial charge in [-0.1, -0.05) is 32.0 Å². The summed E-state index contributed by atoms with van der Waals surface area (Å²) in [5.74, 6) is -0.688. The molecule has 2 aromatic heterocycles. The number of hydrogen-bond donors (Lipinski definition) is 1. The summed E-state index contributed by atoms with van der Waals surface area (Å²) in [6.45, 7) is 4.05. The predicted molar refractivity (Wildman–Crippen MR) is 133 cm³/mol. The number of esters is 1. The van der Waals surface area contributed by atoms with Crippen LogP contribution in [0.4, 0.5) is 0 Å². The highest BCUT2D eigenvalue weighted by Crippen LogP contribution is 2.54. The van der Waals surface area contributed by atoms with Gasteiger partial charge in [0.2, 0.25) is 5.60 Å². The Labute approximate surface area is 212 Å². The van der Waals surface area contributed by atoms with Crippen molar-refractivity contribution in [1.82, 2.24) is 9.55 Å². The molecule has 6 rings (SSSR count). The molecule has 10 nitrogen and oxygen atoms in total. The Morgan fingerprint density at radius 2 is 2.08 bits per heavy atom. The normalized spacial score (nSPS) is 25.9. The first-order chi connectivity index (χ1) is 17.7. The Kier molecular flexibility index (Phi) is 5.85. The number of fused-ring (bicyclic) bond motifs is 5. The van der Waals surface area contributed by atoms with E-state index >= 15 is 0 Å². The summed E-state index contributed by atoms with van der Waals surface area (Å²) in [7, 11) is -4.75. The van der Waals surface area contributed by atoms with Crippen LogP contribution in [0.25, 0.3) is 22.3 Å². The van der Waals surface area contributed by atoms with Gasteiger partial charge in [0.05, 0.1) is 41.7 Å². The maximum absolute atomic E-state index is 13.6. The van der Waals surface area contributed by atoms with Gasteiger partial charge < -0.3 is 18.9 Å². The molecule has 37 heavy (non-hydrogen) atoms. The van der Waals surface area contributed by atoms with Crippen molar-refractivity contribution in [2.75, 3.05) is 13.2 Å². The third kappa shape index (κ3) is 3.95. The van der Waals surface area contributed by atoms with Crippen LogP contribution >= 0.6 is 7.82 Å². The zero-order valence-corrected chi connectivity index (χ0v) is 21.4. The number of nitrogens with zero attached hydrogens (tertiary/aromatic N) is 2. The number of phosphoric acid groups is 1. The molecule has 1 N–H and O–H groups in total. The Morgan fingerprint density at radius 3 is 2.84 bits per heavy atom. The minimum atomic E-state index is -4.75. The van der Waals surface area contributed by atoms with Crippen LogP contribution in [0.15, 0.2) is 41.2 Å². The zero-order chi connectivity index (χ0) is 25.9. The summed E-state index contributed by atoms with van der Waals surface area (Å²) in [5.41, 5.74) is 0.841.